The third-order valence-corrected chi connectivity index (χ3v) is 9.94. The van der Waals surface area contributed by atoms with Crippen molar-refractivity contribution in [2.24, 2.45) is 17.8 Å². The number of rotatable bonds is 12. The van der Waals surface area contributed by atoms with Crippen LogP contribution in [0.25, 0.3) is 0 Å². The van der Waals surface area contributed by atoms with Crippen molar-refractivity contribution in [2.45, 2.75) is 115 Å². The Balaban J connectivity index is 1.09. The van der Waals surface area contributed by atoms with Gasteiger partial charge in [-0.1, -0.05) is 38.3 Å². The molecule has 4 nitrogen and oxygen atoms in total. The molecule has 2 aromatic rings. The standard InChI is InChI=1S/C35H43F7O4/c1-2-3-4-5-21-19-43-33(44-20-21)24-8-6-22(7-9-24)25-12-15-28(29(36)16-25)23-10-13-26(14-11-23)35(41,42)46-27-17-30(37)32(31(38)18-27)45-34(39)40/h12,15-18,21-24,26,33-34H,2-11,13-14,19-20H2,1H3. The highest BCUT2D eigenvalue weighted by molar-refractivity contribution is 5.35. The normalized spacial score (nSPS) is 27.5. The van der Waals surface area contributed by atoms with Crippen molar-refractivity contribution in [3.8, 4) is 11.5 Å². The van der Waals surface area contributed by atoms with Gasteiger partial charge in [-0.15, -0.1) is 0 Å². The molecule has 2 aromatic carbocycles. The Kier molecular flexibility index (Phi) is 11.8. The van der Waals surface area contributed by atoms with E-state index in [1.807, 2.05) is 6.07 Å². The lowest BCUT2D eigenvalue weighted by Gasteiger charge is -2.38. The molecule has 0 N–H and O–H groups in total. The summed E-state index contributed by atoms with van der Waals surface area (Å²) in [6, 6.07) is 6.07. The van der Waals surface area contributed by atoms with Gasteiger partial charge in [-0.2, -0.15) is 17.6 Å². The van der Waals surface area contributed by atoms with Gasteiger partial charge in [-0.25, -0.2) is 13.2 Å². The van der Waals surface area contributed by atoms with Crippen molar-refractivity contribution >= 4 is 0 Å². The van der Waals surface area contributed by atoms with Crippen molar-refractivity contribution in [3.05, 3.63) is 58.9 Å². The molecule has 3 fully saturated rings. The predicted molar refractivity (Wildman–Crippen MR) is 158 cm³/mol. The van der Waals surface area contributed by atoms with Crippen molar-refractivity contribution in [1.29, 1.82) is 0 Å². The summed E-state index contributed by atoms with van der Waals surface area (Å²) in [5, 5.41) is 0. The predicted octanol–water partition coefficient (Wildman–Crippen LogP) is 10.5. The maximum Gasteiger partial charge on any atom is 0.400 e. The van der Waals surface area contributed by atoms with Gasteiger partial charge in [0.2, 0.25) is 0 Å². The van der Waals surface area contributed by atoms with Crippen molar-refractivity contribution in [3.63, 3.8) is 0 Å². The van der Waals surface area contributed by atoms with Gasteiger partial charge in [0.05, 0.1) is 19.1 Å². The van der Waals surface area contributed by atoms with Crippen LogP contribution in [0, 0.1) is 35.2 Å². The lowest BCUT2D eigenvalue weighted by atomic mass is 9.76. The Bertz CT molecular complexity index is 1240. The van der Waals surface area contributed by atoms with E-state index in [9.17, 15) is 26.3 Å². The van der Waals surface area contributed by atoms with Crippen molar-refractivity contribution in [2.75, 3.05) is 13.2 Å². The quantitative estimate of drug-likeness (QED) is 0.168. The van der Waals surface area contributed by atoms with Crippen LogP contribution in [0.4, 0.5) is 30.7 Å². The third-order valence-electron chi connectivity index (χ3n) is 9.94. The molecule has 0 unspecified atom stereocenters. The molecule has 2 aliphatic carbocycles. The van der Waals surface area contributed by atoms with E-state index in [1.165, 1.54) is 19.3 Å². The number of benzene rings is 2. The Labute approximate surface area is 265 Å². The molecule has 46 heavy (non-hydrogen) atoms. The zero-order chi connectivity index (χ0) is 32.8. The second-order valence-electron chi connectivity index (χ2n) is 13.1. The second-order valence-corrected chi connectivity index (χ2v) is 13.1. The summed E-state index contributed by atoms with van der Waals surface area (Å²) in [4.78, 5) is 0. The molecule has 0 atom stereocenters. The number of hydrogen-bond donors (Lipinski definition) is 0. The minimum absolute atomic E-state index is 0.00517. The molecule has 2 saturated carbocycles. The zero-order valence-corrected chi connectivity index (χ0v) is 26.1. The minimum atomic E-state index is -3.78. The van der Waals surface area contributed by atoms with E-state index >= 15 is 4.39 Å². The molecule has 5 rings (SSSR count). The first-order valence-corrected chi connectivity index (χ1v) is 16.6. The summed E-state index contributed by atoms with van der Waals surface area (Å²) in [5.74, 6) is -6.19. The fourth-order valence-corrected chi connectivity index (χ4v) is 7.31. The van der Waals surface area contributed by atoms with Gasteiger partial charge in [0.15, 0.2) is 23.7 Å². The fraction of sp³-hybridized carbons (Fsp3) is 0.657. The topological polar surface area (TPSA) is 36.9 Å². The summed E-state index contributed by atoms with van der Waals surface area (Å²) in [6.07, 6.45) is 5.17. The molecular formula is C35H43F7O4. The molecule has 0 bridgehead atoms. The average Bonchev–Trinajstić information content (AvgIpc) is 3.03. The van der Waals surface area contributed by atoms with Gasteiger partial charge in [0.1, 0.15) is 11.6 Å². The molecule has 0 amide bonds. The lowest BCUT2D eigenvalue weighted by Crippen LogP contribution is -2.38. The number of ether oxygens (including phenoxy) is 4. The largest absolute Gasteiger partial charge is 0.432 e. The summed E-state index contributed by atoms with van der Waals surface area (Å²) >= 11 is 0. The number of halogens is 7. The highest BCUT2D eigenvalue weighted by Gasteiger charge is 2.45. The van der Waals surface area contributed by atoms with E-state index in [2.05, 4.69) is 16.4 Å². The first-order chi connectivity index (χ1) is 22.0. The van der Waals surface area contributed by atoms with Gasteiger partial charge >= 0.3 is 12.7 Å². The highest BCUT2D eigenvalue weighted by Crippen LogP contribution is 2.45. The van der Waals surface area contributed by atoms with Crippen molar-refractivity contribution < 1.29 is 49.7 Å². The van der Waals surface area contributed by atoms with Crippen LogP contribution in [-0.2, 0) is 9.47 Å². The van der Waals surface area contributed by atoms with Gasteiger partial charge in [-0.05, 0) is 86.8 Å². The number of unbranched alkanes of at least 4 members (excludes halogenated alkanes) is 2. The average molecular weight is 661 g/mol. The molecule has 11 heteroatoms. The molecule has 1 heterocycles. The van der Waals surface area contributed by atoms with E-state index in [0.717, 1.165) is 50.9 Å². The van der Waals surface area contributed by atoms with E-state index in [1.54, 1.807) is 12.1 Å². The lowest BCUT2D eigenvalue weighted by molar-refractivity contribution is -0.229. The van der Waals surface area contributed by atoms with Crippen molar-refractivity contribution in [1.82, 2.24) is 0 Å². The Morgan fingerprint density at radius 2 is 1.43 bits per heavy atom. The second kappa shape index (κ2) is 15.6. The third kappa shape index (κ3) is 8.68. The minimum Gasteiger partial charge on any atom is -0.432 e. The van der Waals surface area contributed by atoms with E-state index in [0.29, 0.717) is 29.5 Å². The highest BCUT2D eigenvalue weighted by atomic mass is 19.3. The van der Waals surface area contributed by atoms with Crippen LogP contribution < -0.4 is 9.47 Å². The van der Waals surface area contributed by atoms with Gasteiger partial charge < -0.3 is 18.9 Å². The van der Waals surface area contributed by atoms with Crippen LogP contribution in [-0.4, -0.2) is 32.2 Å². The Morgan fingerprint density at radius 3 is 2.02 bits per heavy atom. The fourth-order valence-electron chi connectivity index (χ4n) is 7.31. The molecule has 1 saturated heterocycles. The maximum atomic E-state index is 15.4. The van der Waals surface area contributed by atoms with Crippen LogP contribution in [0.5, 0.6) is 11.5 Å². The SMILES string of the molecule is CCCCCC1COC(C2CCC(c3ccc(C4CCC(C(F)(F)Oc5cc(F)c(OC(F)F)c(F)c5)CC4)c(F)c3)CC2)OC1. The zero-order valence-electron chi connectivity index (χ0n) is 26.1. The molecule has 256 valence electrons. The van der Waals surface area contributed by atoms with E-state index < -0.39 is 41.8 Å². The van der Waals surface area contributed by atoms with E-state index in [-0.39, 0.29) is 49.6 Å². The molecular weight excluding hydrogens is 617 g/mol. The monoisotopic (exact) mass is 660 g/mol. The van der Waals surface area contributed by atoms with Gasteiger partial charge in [-0.3, -0.25) is 0 Å². The van der Waals surface area contributed by atoms with Crippen LogP contribution >= 0.6 is 0 Å². The molecule has 0 spiro atoms. The summed E-state index contributed by atoms with van der Waals surface area (Å²) in [6.45, 7) is 0.216. The Morgan fingerprint density at radius 1 is 0.804 bits per heavy atom. The number of hydrogen-bond acceptors (Lipinski definition) is 4. The summed E-state index contributed by atoms with van der Waals surface area (Å²) in [7, 11) is 0. The van der Waals surface area contributed by atoms with Crippen LogP contribution in [0.15, 0.2) is 30.3 Å². The molecule has 0 aromatic heterocycles. The molecule has 3 aliphatic rings. The number of alkyl halides is 4. The van der Waals surface area contributed by atoms with Crippen LogP contribution in [0.2, 0.25) is 0 Å². The smallest absolute Gasteiger partial charge is 0.400 e. The van der Waals surface area contributed by atoms with Crippen LogP contribution in [0.3, 0.4) is 0 Å². The van der Waals surface area contributed by atoms with Gasteiger partial charge in [0.25, 0.3) is 0 Å². The first-order valence-electron chi connectivity index (χ1n) is 16.6. The molecule has 0 radical (unpaired) electrons. The maximum absolute atomic E-state index is 15.4. The summed E-state index contributed by atoms with van der Waals surface area (Å²) < 4.78 is 119. The summed E-state index contributed by atoms with van der Waals surface area (Å²) in [5.41, 5.74) is 1.44. The van der Waals surface area contributed by atoms with Gasteiger partial charge in [0, 0.05) is 24.0 Å². The Hall–Kier alpha value is -2.53. The van der Waals surface area contributed by atoms with Crippen LogP contribution in [0.1, 0.15) is 107 Å². The molecule has 1 aliphatic heterocycles. The first kappa shape index (κ1) is 34.8. The van der Waals surface area contributed by atoms with E-state index in [4.69, 9.17) is 9.47 Å².